The maximum atomic E-state index is 6.41. The molecule has 17 heavy (non-hydrogen) atoms. The summed E-state index contributed by atoms with van der Waals surface area (Å²) in [7, 11) is 0. The molecular formula is C14H26N2S. The van der Waals surface area contributed by atoms with Gasteiger partial charge in [0, 0.05) is 4.88 Å². The third-order valence-corrected chi connectivity index (χ3v) is 4.56. The number of hydrogen-bond acceptors (Lipinski definition) is 3. The van der Waals surface area contributed by atoms with Gasteiger partial charge in [-0.05, 0) is 26.7 Å². The van der Waals surface area contributed by atoms with Crippen LogP contribution in [0.15, 0.2) is 0 Å². The highest BCUT2D eigenvalue weighted by Gasteiger charge is 2.25. The second kappa shape index (κ2) is 6.50. The summed E-state index contributed by atoms with van der Waals surface area (Å²) in [5.41, 5.74) is 7.38. The molecule has 0 aliphatic heterocycles. The molecule has 1 unspecified atom stereocenters. The second-order valence-electron chi connectivity index (χ2n) is 5.10. The molecule has 0 bridgehead atoms. The average molecular weight is 254 g/mol. The normalized spacial score (nSPS) is 14.9. The van der Waals surface area contributed by atoms with Gasteiger partial charge in [-0.1, -0.05) is 39.5 Å². The number of aromatic nitrogens is 1. The zero-order chi connectivity index (χ0) is 12.9. The zero-order valence-corrected chi connectivity index (χ0v) is 12.5. The molecular weight excluding hydrogens is 228 g/mol. The summed E-state index contributed by atoms with van der Waals surface area (Å²) in [5, 5.41) is 1.11. The van der Waals surface area contributed by atoms with Crippen molar-refractivity contribution >= 4 is 11.3 Å². The molecule has 0 fully saturated rings. The molecule has 0 saturated heterocycles. The molecule has 0 aliphatic rings. The van der Waals surface area contributed by atoms with Gasteiger partial charge in [0.1, 0.15) is 5.01 Å². The third kappa shape index (κ3) is 4.07. The van der Waals surface area contributed by atoms with Crippen LogP contribution >= 0.6 is 11.3 Å². The standard InChI is InChI=1S/C14H26N2S/c1-5-7-8-9-10-14(4,15)13-16-12(6-2)11(3)17-13/h5-10,15H2,1-4H3. The third-order valence-electron chi connectivity index (χ3n) is 3.27. The van der Waals surface area contributed by atoms with Crippen molar-refractivity contribution in [1.82, 2.24) is 4.98 Å². The quantitative estimate of drug-likeness (QED) is 0.742. The SMILES string of the molecule is CCCCCCC(C)(N)c1nc(CC)c(C)s1. The van der Waals surface area contributed by atoms with Crippen LogP contribution in [0.5, 0.6) is 0 Å². The predicted octanol–water partition coefficient (Wildman–Crippen LogP) is 4.16. The van der Waals surface area contributed by atoms with Gasteiger partial charge in [-0.2, -0.15) is 0 Å². The van der Waals surface area contributed by atoms with Gasteiger partial charge in [-0.25, -0.2) is 4.98 Å². The van der Waals surface area contributed by atoms with Crippen molar-refractivity contribution in [3.05, 3.63) is 15.6 Å². The van der Waals surface area contributed by atoms with Crippen molar-refractivity contribution in [2.45, 2.75) is 71.8 Å². The van der Waals surface area contributed by atoms with Gasteiger partial charge in [0.25, 0.3) is 0 Å². The summed E-state index contributed by atoms with van der Waals surface area (Å²) in [4.78, 5) is 6.02. The van der Waals surface area contributed by atoms with E-state index in [4.69, 9.17) is 10.7 Å². The minimum absolute atomic E-state index is 0.239. The van der Waals surface area contributed by atoms with E-state index in [0.29, 0.717) is 0 Å². The molecule has 1 aromatic rings. The Morgan fingerprint density at radius 3 is 2.47 bits per heavy atom. The summed E-state index contributed by atoms with van der Waals surface area (Å²) in [6, 6.07) is 0. The summed E-state index contributed by atoms with van der Waals surface area (Å²) >= 11 is 1.77. The molecule has 98 valence electrons. The first-order chi connectivity index (χ1) is 8.01. The first kappa shape index (κ1) is 14.7. The Morgan fingerprint density at radius 1 is 1.24 bits per heavy atom. The van der Waals surface area contributed by atoms with E-state index >= 15 is 0 Å². The number of thiazole rings is 1. The van der Waals surface area contributed by atoms with E-state index in [1.165, 1.54) is 36.3 Å². The molecule has 0 aliphatic carbocycles. The van der Waals surface area contributed by atoms with Crippen LogP contribution in [-0.2, 0) is 12.0 Å². The van der Waals surface area contributed by atoms with Gasteiger partial charge in [0.2, 0.25) is 0 Å². The monoisotopic (exact) mass is 254 g/mol. The summed E-state index contributed by atoms with van der Waals surface area (Å²) in [5.74, 6) is 0. The number of rotatable bonds is 7. The topological polar surface area (TPSA) is 38.9 Å². The minimum atomic E-state index is -0.239. The van der Waals surface area contributed by atoms with E-state index in [1.54, 1.807) is 11.3 Å². The maximum absolute atomic E-state index is 6.41. The Morgan fingerprint density at radius 2 is 1.94 bits per heavy atom. The summed E-state index contributed by atoms with van der Waals surface area (Å²) in [6.07, 6.45) is 7.14. The highest BCUT2D eigenvalue weighted by atomic mass is 32.1. The lowest BCUT2D eigenvalue weighted by Crippen LogP contribution is -2.32. The Labute approximate surface area is 110 Å². The van der Waals surface area contributed by atoms with Crippen LogP contribution in [0.25, 0.3) is 0 Å². The van der Waals surface area contributed by atoms with Crippen LogP contribution in [0.4, 0.5) is 0 Å². The summed E-state index contributed by atoms with van der Waals surface area (Å²) in [6.45, 7) is 8.66. The number of nitrogens with zero attached hydrogens (tertiary/aromatic N) is 1. The largest absolute Gasteiger partial charge is 0.320 e. The lowest BCUT2D eigenvalue weighted by molar-refractivity contribution is 0.421. The smallest absolute Gasteiger partial charge is 0.113 e. The van der Waals surface area contributed by atoms with E-state index in [1.807, 2.05) is 0 Å². The number of aryl methyl sites for hydroxylation is 2. The Bertz CT molecular complexity index is 342. The van der Waals surface area contributed by atoms with Gasteiger partial charge in [0.15, 0.2) is 0 Å². The van der Waals surface area contributed by atoms with Crippen molar-refractivity contribution in [2.75, 3.05) is 0 Å². The molecule has 1 heterocycles. The molecule has 0 spiro atoms. The van der Waals surface area contributed by atoms with Crippen LogP contribution in [-0.4, -0.2) is 4.98 Å². The fraction of sp³-hybridized carbons (Fsp3) is 0.786. The number of nitrogens with two attached hydrogens (primary N) is 1. The second-order valence-corrected chi connectivity index (χ2v) is 6.31. The predicted molar refractivity (Wildman–Crippen MR) is 76.5 cm³/mol. The van der Waals surface area contributed by atoms with E-state index in [0.717, 1.165) is 17.8 Å². The van der Waals surface area contributed by atoms with E-state index in [9.17, 15) is 0 Å². The molecule has 0 amide bonds. The molecule has 0 aromatic carbocycles. The van der Waals surface area contributed by atoms with Crippen molar-refractivity contribution in [1.29, 1.82) is 0 Å². The van der Waals surface area contributed by atoms with E-state index in [-0.39, 0.29) is 5.54 Å². The van der Waals surface area contributed by atoms with Crippen molar-refractivity contribution < 1.29 is 0 Å². The van der Waals surface area contributed by atoms with Crippen molar-refractivity contribution in [2.24, 2.45) is 5.73 Å². The molecule has 2 N–H and O–H groups in total. The number of unbranched alkanes of at least 4 members (excludes halogenated alkanes) is 3. The minimum Gasteiger partial charge on any atom is -0.320 e. The van der Waals surface area contributed by atoms with Crippen molar-refractivity contribution in [3.8, 4) is 0 Å². The Hall–Kier alpha value is -0.410. The van der Waals surface area contributed by atoms with Crippen LogP contribution in [0.1, 0.15) is 68.5 Å². The van der Waals surface area contributed by atoms with Gasteiger partial charge in [-0.3, -0.25) is 0 Å². The van der Waals surface area contributed by atoms with Gasteiger partial charge in [0.05, 0.1) is 11.2 Å². The first-order valence-electron chi connectivity index (χ1n) is 6.77. The lowest BCUT2D eigenvalue weighted by atomic mass is 9.96. The Kier molecular flexibility index (Phi) is 5.60. The molecule has 3 heteroatoms. The van der Waals surface area contributed by atoms with Crippen LogP contribution in [0, 0.1) is 6.92 Å². The Balaban J connectivity index is 2.61. The number of hydrogen-bond donors (Lipinski definition) is 1. The van der Waals surface area contributed by atoms with Gasteiger partial charge < -0.3 is 5.73 Å². The first-order valence-corrected chi connectivity index (χ1v) is 7.58. The zero-order valence-electron chi connectivity index (χ0n) is 11.7. The van der Waals surface area contributed by atoms with E-state index in [2.05, 4.69) is 27.7 Å². The molecule has 0 radical (unpaired) electrons. The lowest BCUT2D eigenvalue weighted by Gasteiger charge is -2.21. The fourth-order valence-corrected chi connectivity index (χ4v) is 3.12. The van der Waals surface area contributed by atoms with Crippen LogP contribution < -0.4 is 5.73 Å². The maximum Gasteiger partial charge on any atom is 0.113 e. The molecule has 1 aromatic heterocycles. The summed E-state index contributed by atoms with van der Waals surface area (Å²) < 4.78 is 0. The highest BCUT2D eigenvalue weighted by molar-refractivity contribution is 7.11. The molecule has 1 rings (SSSR count). The highest BCUT2D eigenvalue weighted by Crippen LogP contribution is 2.30. The van der Waals surface area contributed by atoms with Crippen LogP contribution in [0.2, 0.25) is 0 Å². The van der Waals surface area contributed by atoms with Gasteiger partial charge >= 0.3 is 0 Å². The molecule has 1 atom stereocenters. The van der Waals surface area contributed by atoms with Crippen molar-refractivity contribution in [3.63, 3.8) is 0 Å². The van der Waals surface area contributed by atoms with Crippen LogP contribution in [0.3, 0.4) is 0 Å². The average Bonchev–Trinajstić information content (AvgIpc) is 2.67. The molecule has 0 saturated carbocycles. The molecule has 2 nitrogen and oxygen atoms in total. The van der Waals surface area contributed by atoms with Gasteiger partial charge in [-0.15, -0.1) is 11.3 Å². The van der Waals surface area contributed by atoms with E-state index < -0.39 is 0 Å². The fourth-order valence-electron chi connectivity index (χ4n) is 2.03.